The molecule has 2 heterocycles. The van der Waals surface area contributed by atoms with Crippen LogP contribution in [-0.2, 0) is 6.54 Å². The standard InChI is InChI=1S/C28H34N6O.CH4/c1-19-24(26(33-35-19)21-9-5-4-6-10-21)18-29-17-20-13-15-22(16-14-20)30-28-31-25-12-8-7-11-23(25)27(32-28)34(2)3;/h4-12,20,22,29H,13-18H2,1-3H3,(H,30,31,32);1H4. The van der Waals surface area contributed by atoms with E-state index in [1.54, 1.807) is 0 Å². The van der Waals surface area contributed by atoms with Gasteiger partial charge in [-0.25, -0.2) is 4.98 Å². The van der Waals surface area contributed by atoms with Gasteiger partial charge in [-0.1, -0.05) is 55.0 Å². The van der Waals surface area contributed by atoms with Gasteiger partial charge >= 0.3 is 0 Å². The molecule has 4 aromatic rings. The molecule has 2 N–H and O–H groups in total. The summed E-state index contributed by atoms with van der Waals surface area (Å²) in [6.07, 6.45) is 4.63. The van der Waals surface area contributed by atoms with Gasteiger partial charge in [-0.15, -0.1) is 0 Å². The first-order valence-corrected chi connectivity index (χ1v) is 12.5. The fourth-order valence-electron chi connectivity index (χ4n) is 4.98. The SMILES string of the molecule is C.Cc1onc(-c2ccccc2)c1CNCC1CCC(Nc2nc(N(C)C)c3ccccc3n2)CC1. The fourth-order valence-corrected chi connectivity index (χ4v) is 4.98. The van der Waals surface area contributed by atoms with Crippen molar-refractivity contribution in [3.63, 3.8) is 0 Å². The zero-order valence-electron chi connectivity index (χ0n) is 20.8. The Morgan fingerprint density at radius 1 is 0.944 bits per heavy atom. The van der Waals surface area contributed by atoms with Crippen LogP contribution in [0.15, 0.2) is 59.1 Å². The van der Waals surface area contributed by atoms with E-state index in [0.29, 0.717) is 12.0 Å². The predicted octanol–water partition coefficient (Wildman–Crippen LogP) is 6.06. The van der Waals surface area contributed by atoms with E-state index in [-0.39, 0.29) is 7.43 Å². The maximum absolute atomic E-state index is 5.50. The first-order chi connectivity index (χ1) is 17.1. The molecule has 0 unspecified atom stereocenters. The van der Waals surface area contributed by atoms with Gasteiger partial charge in [-0.05, 0) is 57.2 Å². The second-order valence-corrected chi connectivity index (χ2v) is 9.71. The zero-order chi connectivity index (χ0) is 24.2. The number of hydrogen-bond donors (Lipinski definition) is 2. The summed E-state index contributed by atoms with van der Waals surface area (Å²) < 4.78 is 5.50. The smallest absolute Gasteiger partial charge is 0.225 e. The van der Waals surface area contributed by atoms with Gasteiger partial charge in [0.05, 0.1) is 5.52 Å². The van der Waals surface area contributed by atoms with Crippen LogP contribution in [-0.4, -0.2) is 41.8 Å². The highest BCUT2D eigenvalue weighted by Crippen LogP contribution is 2.29. The molecule has 0 aliphatic heterocycles. The third kappa shape index (κ3) is 5.68. The number of aromatic nitrogens is 3. The molecule has 0 spiro atoms. The number of hydrogen-bond acceptors (Lipinski definition) is 7. The highest BCUT2D eigenvalue weighted by atomic mass is 16.5. The molecule has 1 aliphatic carbocycles. The Balaban J connectivity index is 0.00000304. The monoisotopic (exact) mass is 486 g/mol. The van der Waals surface area contributed by atoms with Gasteiger partial charge in [0.1, 0.15) is 17.3 Å². The lowest BCUT2D eigenvalue weighted by Crippen LogP contribution is -2.31. The van der Waals surface area contributed by atoms with Crippen molar-refractivity contribution in [1.29, 1.82) is 0 Å². The topological polar surface area (TPSA) is 79.1 Å². The van der Waals surface area contributed by atoms with Gasteiger partial charge in [0.15, 0.2) is 0 Å². The molecule has 0 saturated heterocycles. The van der Waals surface area contributed by atoms with Crippen LogP contribution >= 0.6 is 0 Å². The normalized spacial score (nSPS) is 17.5. The van der Waals surface area contributed by atoms with E-state index in [1.807, 2.05) is 51.4 Å². The second-order valence-electron chi connectivity index (χ2n) is 9.71. The Labute approximate surface area is 214 Å². The number of nitrogens with one attached hydrogen (secondary N) is 2. The molecule has 2 aromatic carbocycles. The van der Waals surface area contributed by atoms with E-state index in [4.69, 9.17) is 14.5 Å². The molecular weight excluding hydrogens is 448 g/mol. The summed E-state index contributed by atoms with van der Waals surface area (Å²) in [5.41, 5.74) is 4.17. The van der Waals surface area contributed by atoms with Gasteiger partial charge in [-0.3, -0.25) is 0 Å². The van der Waals surface area contributed by atoms with E-state index in [1.165, 1.54) is 12.8 Å². The lowest BCUT2D eigenvalue weighted by Gasteiger charge is -2.29. The summed E-state index contributed by atoms with van der Waals surface area (Å²) >= 11 is 0. The van der Waals surface area contributed by atoms with E-state index < -0.39 is 0 Å². The lowest BCUT2D eigenvalue weighted by molar-refractivity contribution is 0.323. The van der Waals surface area contributed by atoms with Gasteiger partial charge in [0.25, 0.3) is 0 Å². The second kappa shape index (κ2) is 11.5. The summed E-state index contributed by atoms with van der Waals surface area (Å²) in [6.45, 7) is 3.77. The van der Waals surface area contributed by atoms with Crippen molar-refractivity contribution < 1.29 is 4.52 Å². The Kier molecular flexibility index (Phi) is 8.21. The lowest BCUT2D eigenvalue weighted by atomic mass is 9.86. The molecule has 1 saturated carbocycles. The van der Waals surface area contributed by atoms with Crippen molar-refractivity contribution in [2.24, 2.45) is 5.92 Å². The summed E-state index contributed by atoms with van der Waals surface area (Å²) in [5, 5.41) is 12.7. The minimum absolute atomic E-state index is 0. The average Bonchev–Trinajstić information content (AvgIpc) is 3.25. The number of benzene rings is 2. The van der Waals surface area contributed by atoms with Crippen molar-refractivity contribution in [1.82, 2.24) is 20.4 Å². The molecule has 0 bridgehead atoms. The highest BCUT2D eigenvalue weighted by molar-refractivity contribution is 5.90. The molecule has 7 heteroatoms. The van der Waals surface area contributed by atoms with Crippen LogP contribution in [0, 0.1) is 12.8 Å². The van der Waals surface area contributed by atoms with Gasteiger partial charge < -0.3 is 20.1 Å². The highest BCUT2D eigenvalue weighted by Gasteiger charge is 2.23. The minimum atomic E-state index is 0. The predicted molar refractivity (Wildman–Crippen MR) is 148 cm³/mol. The number of para-hydroxylation sites is 1. The van der Waals surface area contributed by atoms with Crippen molar-refractivity contribution in [2.75, 3.05) is 30.9 Å². The molecular formula is C29H38N6O. The van der Waals surface area contributed by atoms with Crippen LogP contribution in [0.25, 0.3) is 22.2 Å². The maximum atomic E-state index is 5.50. The molecule has 0 radical (unpaired) electrons. The third-order valence-corrected chi connectivity index (χ3v) is 6.95. The van der Waals surface area contributed by atoms with Crippen molar-refractivity contribution in [2.45, 2.75) is 52.6 Å². The Morgan fingerprint density at radius 2 is 1.67 bits per heavy atom. The Hall–Kier alpha value is -3.45. The molecule has 2 aromatic heterocycles. The number of anilines is 2. The summed E-state index contributed by atoms with van der Waals surface area (Å²) in [5.74, 6) is 3.24. The van der Waals surface area contributed by atoms with Gasteiger partial charge in [0, 0.05) is 43.2 Å². The fraction of sp³-hybridized carbons (Fsp3) is 0.414. The number of aryl methyl sites for hydroxylation is 1. The van der Waals surface area contributed by atoms with Gasteiger partial charge in [0.2, 0.25) is 5.95 Å². The largest absolute Gasteiger partial charge is 0.362 e. The zero-order valence-corrected chi connectivity index (χ0v) is 20.8. The molecule has 0 amide bonds. The van der Waals surface area contributed by atoms with Crippen molar-refractivity contribution in [3.05, 3.63) is 65.9 Å². The van der Waals surface area contributed by atoms with E-state index in [2.05, 4.69) is 45.0 Å². The maximum Gasteiger partial charge on any atom is 0.225 e. The molecule has 36 heavy (non-hydrogen) atoms. The summed E-state index contributed by atoms with van der Waals surface area (Å²) in [6, 6.07) is 18.9. The Morgan fingerprint density at radius 3 is 2.42 bits per heavy atom. The van der Waals surface area contributed by atoms with E-state index >= 15 is 0 Å². The van der Waals surface area contributed by atoms with Gasteiger partial charge in [-0.2, -0.15) is 4.98 Å². The molecule has 7 nitrogen and oxygen atoms in total. The van der Waals surface area contributed by atoms with Crippen LogP contribution < -0.4 is 15.5 Å². The van der Waals surface area contributed by atoms with Crippen LogP contribution in [0.1, 0.15) is 44.4 Å². The Bertz CT molecular complexity index is 1260. The molecule has 5 rings (SSSR count). The van der Waals surface area contributed by atoms with Crippen LogP contribution in [0.4, 0.5) is 11.8 Å². The van der Waals surface area contributed by atoms with E-state index in [9.17, 15) is 0 Å². The third-order valence-electron chi connectivity index (χ3n) is 6.95. The first kappa shape index (κ1) is 25.6. The number of rotatable bonds is 8. The molecule has 1 fully saturated rings. The number of nitrogens with zero attached hydrogens (tertiary/aromatic N) is 4. The molecule has 190 valence electrons. The average molecular weight is 487 g/mol. The first-order valence-electron chi connectivity index (χ1n) is 12.5. The van der Waals surface area contributed by atoms with Crippen LogP contribution in [0.2, 0.25) is 0 Å². The van der Waals surface area contributed by atoms with E-state index in [0.717, 1.165) is 71.2 Å². The van der Waals surface area contributed by atoms with Crippen LogP contribution in [0.3, 0.4) is 0 Å². The summed E-state index contributed by atoms with van der Waals surface area (Å²) in [4.78, 5) is 11.6. The van der Waals surface area contributed by atoms with Crippen molar-refractivity contribution >= 4 is 22.7 Å². The molecule has 0 atom stereocenters. The quantitative estimate of drug-likeness (QED) is 0.313. The number of fused-ring (bicyclic) bond motifs is 1. The summed E-state index contributed by atoms with van der Waals surface area (Å²) in [7, 11) is 4.06. The van der Waals surface area contributed by atoms with Crippen molar-refractivity contribution in [3.8, 4) is 11.3 Å². The minimum Gasteiger partial charge on any atom is -0.362 e. The van der Waals surface area contributed by atoms with Crippen LogP contribution in [0.5, 0.6) is 0 Å². The molecule has 1 aliphatic rings.